The van der Waals surface area contributed by atoms with Crippen molar-refractivity contribution in [1.82, 2.24) is 14.8 Å². The van der Waals surface area contributed by atoms with Crippen molar-refractivity contribution in [3.63, 3.8) is 0 Å². The van der Waals surface area contributed by atoms with Gasteiger partial charge in [-0.15, -0.1) is 21.5 Å². The Hall–Kier alpha value is -2.52. The third-order valence-electron chi connectivity index (χ3n) is 4.51. The maximum atomic E-state index is 11.6. The highest BCUT2D eigenvalue weighted by molar-refractivity contribution is 7.98. The van der Waals surface area contributed by atoms with Crippen molar-refractivity contribution in [2.75, 3.05) is 6.61 Å². The van der Waals surface area contributed by atoms with Gasteiger partial charge in [-0.05, 0) is 37.4 Å². The summed E-state index contributed by atoms with van der Waals surface area (Å²) < 4.78 is 13.5. The highest BCUT2D eigenvalue weighted by Gasteiger charge is 2.23. The van der Waals surface area contributed by atoms with Gasteiger partial charge >= 0.3 is 0 Å². The van der Waals surface area contributed by atoms with Crippen molar-refractivity contribution < 1.29 is 14.3 Å². The molecular weight excluding hydrogens is 408 g/mol. The molecule has 2 N–H and O–H groups in total. The summed E-state index contributed by atoms with van der Waals surface area (Å²) in [5.41, 5.74) is 7.66. The number of primary amides is 1. The minimum Gasteiger partial charge on any atom is -0.494 e. The molecule has 0 fully saturated rings. The Labute approximate surface area is 177 Å². The molecule has 1 atom stereocenters. The minimum atomic E-state index is -0.431. The number of nitrogens with two attached hydrogens (primary N) is 1. The molecule has 152 valence electrons. The van der Waals surface area contributed by atoms with E-state index in [9.17, 15) is 4.79 Å². The third-order valence-corrected chi connectivity index (χ3v) is 6.39. The van der Waals surface area contributed by atoms with Crippen molar-refractivity contribution in [3.8, 4) is 22.2 Å². The molecule has 4 rings (SSSR count). The van der Waals surface area contributed by atoms with Crippen LogP contribution in [0.2, 0.25) is 0 Å². The number of aromatic nitrogens is 3. The van der Waals surface area contributed by atoms with E-state index < -0.39 is 5.91 Å². The van der Waals surface area contributed by atoms with Crippen LogP contribution in [0.4, 0.5) is 0 Å². The molecule has 0 aliphatic carbocycles. The summed E-state index contributed by atoms with van der Waals surface area (Å²) in [6.45, 7) is 4.66. The molecule has 1 aliphatic heterocycles. The van der Waals surface area contributed by atoms with Gasteiger partial charge in [0.15, 0.2) is 11.0 Å². The normalized spacial score (nSPS) is 15.2. The van der Waals surface area contributed by atoms with Crippen LogP contribution in [0.15, 0.2) is 34.8 Å². The number of rotatable bonds is 8. The molecule has 0 bridgehead atoms. The topological polar surface area (TPSA) is 92.3 Å². The van der Waals surface area contributed by atoms with Crippen molar-refractivity contribution >= 4 is 29.0 Å². The van der Waals surface area contributed by atoms with Crippen LogP contribution in [0.3, 0.4) is 0 Å². The second kappa shape index (κ2) is 8.46. The van der Waals surface area contributed by atoms with Gasteiger partial charge in [0.05, 0.1) is 11.5 Å². The molecule has 3 aromatic rings. The molecule has 1 amide bonds. The first-order valence-electron chi connectivity index (χ1n) is 9.38. The second-order valence-electron chi connectivity index (χ2n) is 6.76. The van der Waals surface area contributed by atoms with E-state index in [4.69, 9.17) is 15.2 Å². The maximum absolute atomic E-state index is 11.6. The Morgan fingerprint density at radius 2 is 2.31 bits per heavy atom. The van der Waals surface area contributed by atoms with Crippen LogP contribution < -0.4 is 15.2 Å². The Kier molecular flexibility index (Phi) is 5.77. The molecule has 2 aromatic heterocycles. The lowest BCUT2D eigenvalue weighted by Crippen LogP contribution is -2.19. The molecule has 1 aliphatic rings. The van der Waals surface area contributed by atoms with E-state index in [1.807, 2.05) is 30.5 Å². The van der Waals surface area contributed by atoms with Gasteiger partial charge in [0, 0.05) is 23.3 Å². The van der Waals surface area contributed by atoms with Gasteiger partial charge in [-0.2, -0.15) is 0 Å². The number of carbonyl (C=O) groups is 1. The molecular formula is C20H22N4O3S2. The van der Waals surface area contributed by atoms with Crippen LogP contribution in [0.1, 0.15) is 25.0 Å². The highest BCUT2D eigenvalue weighted by atomic mass is 32.2. The SMILES string of the molecule is CCOc1cc2c(cc1CSc1nnc(-c3cccs3)n1CC(N)=O)O[C@H](C)C2. The van der Waals surface area contributed by atoms with Gasteiger partial charge < -0.3 is 15.2 Å². The molecule has 0 saturated carbocycles. The summed E-state index contributed by atoms with van der Waals surface area (Å²) in [7, 11) is 0. The van der Waals surface area contributed by atoms with E-state index in [1.165, 1.54) is 17.3 Å². The number of amides is 1. The van der Waals surface area contributed by atoms with E-state index in [2.05, 4.69) is 23.2 Å². The summed E-state index contributed by atoms with van der Waals surface area (Å²) >= 11 is 3.04. The quantitative estimate of drug-likeness (QED) is 0.550. The van der Waals surface area contributed by atoms with Gasteiger partial charge in [0.2, 0.25) is 5.91 Å². The number of fused-ring (bicyclic) bond motifs is 1. The number of thiophene rings is 1. The van der Waals surface area contributed by atoms with Crippen LogP contribution in [-0.2, 0) is 23.5 Å². The first kappa shape index (κ1) is 19.8. The summed E-state index contributed by atoms with van der Waals surface area (Å²) in [4.78, 5) is 12.6. The number of carbonyl (C=O) groups excluding carboxylic acids is 1. The summed E-state index contributed by atoms with van der Waals surface area (Å²) in [6.07, 6.45) is 1.06. The molecule has 0 saturated heterocycles. The fourth-order valence-corrected chi connectivity index (χ4v) is 4.94. The van der Waals surface area contributed by atoms with Crippen LogP contribution in [-0.4, -0.2) is 33.4 Å². The molecule has 0 radical (unpaired) electrons. The first-order chi connectivity index (χ1) is 14.0. The number of hydrogen-bond acceptors (Lipinski definition) is 7. The second-order valence-corrected chi connectivity index (χ2v) is 8.65. The van der Waals surface area contributed by atoms with Crippen LogP contribution in [0, 0.1) is 0 Å². The molecule has 9 heteroatoms. The number of benzene rings is 1. The zero-order valence-corrected chi connectivity index (χ0v) is 17.9. The van der Waals surface area contributed by atoms with Gasteiger partial charge in [-0.25, -0.2) is 0 Å². The minimum absolute atomic E-state index is 0.0334. The van der Waals surface area contributed by atoms with Crippen molar-refractivity contribution in [1.29, 1.82) is 0 Å². The smallest absolute Gasteiger partial charge is 0.237 e. The zero-order chi connectivity index (χ0) is 20.4. The van der Waals surface area contributed by atoms with E-state index >= 15 is 0 Å². The van der Waals surface area contributed by atoms with E-state index in [0.717, 1.165) is 28.4 Å². The Bertz CT molecular complexity index is 1020. The lowest BCUT2D eigenvalue weighted by Gasteiger charge is -2.13. The van der Waals surface area contributed by atoms with E-state index in [1.54, 1.807) is 15.9 Å². The highest BCUT2D eigenvalue weighted by Crippen LogP contribution is 2.38. The van der Waals surface area contributed by atoms with Crippen LogP contribution in [0.5, 0.6) is 11.5 Å². The lowest BCUT2D eigenvalue weighted by molar-refractivity contribution is -0.118. The number of thioether (sulfide) groups is 1. The first-order valence-corrected chi connectivity index (χ1v) is 11.2. The number of hydrogen-bond donors (Lipinski definition) is 1. The standard InChI is InChI=1S/C20H22N4O3S2/c1-3-26-15-8-13-7-12(2)27-16(13)9-14(15)11-29-20-23-22-19(17-5-4-6-28-17)24(20)10-18(21)25/h4-6,8-9,12H,3,7,10-11H2,1-2H3,(H2,21,25)/t12-/m1/s1. The molecule has 7 nitrogen and oxygen atoms in total. The predicted octanol–water partition coefficient (Wildman–Crippen LogP) is 3.51. The zero-order valence-electron chi connectivity index (χ0n) is 16.3. The van der Waals surface area contributed by atoms with E-state index in [0.29, 0.717) is 23.3 Å². The van der Waals surface area contributed by atoms with Crippen molar-refractivity contribution in [2.24, 2.45) is 5.73 Å². The molecule has 29 heavy (non-hydrogen) atoms. The monoisotopic (exact) mass is 430 g/mol. The fraction of sp³-hybridized carbons (Fsp3) is 0.350. The van der Waals surface area contributed by atoms with Gasteiger partial charge in [-0.1, -0.05) is 17.8 Å². The molecule has 0 spiro atoms. The molecule has 0 unspecified atom stereocenters. The Morgan fingerprint density at radius 3 is 3.03 bits per heavy atom. The predicted molar refractivity (Wildman–Crippen MR) is 113 cm³/mol. The Balaban J connectivity index is 1.61. The largest absolute Gasteiger partial charge is 0.494 e. The average Bonchev–Trinajstić information content (AvgIpc) is 3.39. The maximum Gasteiger partial charge on any atom is 0.237 e. The van der Waals surface area contributed by atoms with Crippen molar-refractivity contribution in [2.45, 2.75) is 43.8 Å². The summed E-state index contributed by atoms with van der Waals surface area (Å²) in [6, 6.07) is 8.01. The van der Waals surface area contributed by atoms with Crippen LogP contribution in [0.25, 0.3) is 10.7 Å². The molecule has 3 heterocycles. The lowest BCUT2D eigenvalue weighted by atomic mass is 10.1. The number of nitrogens with zero attached hydrogens (tertiary/aromatic N) is 3. The third kappa shape index (κ3) is 4.25. The number of ether oxygens (including phenoxy) is 2. The summed E-state index contributed by atoms with van der Waals surface area (Å²) in [5, 5.41) is 11.2. The summed E-state index contributed by atoms with van der Waals surface area (Å²) in [5.74, 6) is 2.60. The van der Waals surface area contributed by atoms with Crippen molar-refractivity contribution in [3.05, 3.63) is 40.8 Å². The fourth-order valence-electron chi connectivity index (χ4n) is 3.31. The Morgan fingerprint density at radius 1 is 1.45 bits per heavy atom. The van der Waals surface area contributed by atoms with Gasteiger partial charge in [-0.3, -0.25) is 9.36 Å². The van der Waals surface area contributed by atoms with E-state index in [-0.39, 0.29) is 12.6 Å². The average molecular weight is 431 g/mol. The molecule has 1 aromatic carbocycles. The van der Waals surface area contributed by atoms with Crippen LogP contribution >= 0.6 is 23.1 Å². The van der Waals surface area contributed by atoms with Gasteiger partial charge in [0.1, 0.15) is 24.1 Å². The van der Waals surface area contributed by atoms with Gasteiger partial charge in [0.25, 0.3) is 0 Å².